The third-order valence-electron chi connectivity index (χ3n) is 4.57. The van der Waals surface area contributed by atoms with Gasteiger partial charge < -0.3 is 5.32 Å². The monoisotopic (exact) mass is 365 g/mol. The van der Waals surface area contributed by atoms with Crippen molar-refractivity contribution in [1.29, 1.82) is 0 Å². The van der Waals surface area contributed by atoms with Crippen LogP contribution in [-0.2, 0) is 6.42 Å². The molecule has 0 atom stereocenters. The zero-order chi connectivity index (χ0) is 17.9. The van der Waals surface area contributed by atoms with E-state index in [4.69, 9.17) is 11.6 Å². The lowest BCUT2D eigenvalue weighted by Crippen LogP contribution is -2.27. The number of hydrogen-bond acceptors (Lipinski definition) is 2. The summed E-state index contributed by atoms with van der Waals surface area (Å²) < 4.78 is 1.76. The Morgan fingerprint density at radius 2 is 1.85 bits per heavy atom. The van der Waals surface area contributed by atoms with Crippen LogP contribution in [0.1, 0.15) is 40.5 Å². The molecule has 4 nitrogen and oxygen atoms in total. The van der Waals surface area contributed by atoms with Gasteiger partial charge in [-0.2, -0.15) is 5.10 Å². The average molecular weight is 366 g/mol. The van der Waals surface area contributed by atoms with Crippen molar-refractivity contribution >= 4 is 17.5 Å². The third-order valence-corrected chi connectivity index (χ3v) is 4.82. The van der Waals surface area contributed by atoms with E-state index in [1.54, 1.807) is 4.68 Å². The van der Waals surface area contributed by atoms with Gasteiger partial charge in [-0.15, -0.1) is 0 Å². The summed E-state index contributed by atoms with van der Waals surface area (Å²) in [5.41, 5.74) is 3.65. The molecule has 1 heterocycles. The van der Waals surface area contributed by atoms with E-state index in [0.717, 1.165) is 41.2 Å². The molecule has 0 bridgehead atoms. The van der Waals surface area contributed by atoms with Crippen molar-refractivity contribution < 1.29 is 4.79 Å². The molecule has 26 heavy (non-hydrogen) atoms. The van der Waals surface area contributed by atoms with Crippen molar-refractivity contribution in [2.45, 2.75) is 25.2 Å². The molecule has 5 heteroatoms. The number of aromatic nitrogens is 2. The third kappa shape index (κ3) is 3.81. The van der Waals surface area contributed by atoms with Gasteiger partial charge in [0.1, 0.15) is 5.69 Å². The van der Waals surface area contributed by atoms with Crippen molar-refractivity contribution in [3.63, 3.8) is 0 Å². The fourth-order valence-corrected chi connectivity index (χ4v) is 3.09. The lowest BCUT2D eigenvalue weighted by molar-refractivity contribution is 0.0946. The van der Waals surface area contributed by atoms with Gasteiger partial charge >= 0.3 is 0 Å². The summed E-state index contributed by atoms with van der Waals surface area (Å²) >= 11 is 5.91. The molecule has 0 aliphatic heterocycles. The van der Waals surface area contributed by atoms with Gasteiger partial charge in [-0.1, -0.05) is 41.9 Å². The lowest BCUT2D eigenvalue weighted by Gasteiger charge is -2.08. The minimum Gasteiger partial charge on any atom is -0.350 e. The highest BCUT2D eigenvalue weighted by atomic mass is 35.5. The molecule has 1 N–H and O–H groups in total. The average Bonchev–Trinajstić information content (AvgIpc) is 3.42. The fraction of sp³-hybridized carbons (Fsp3) is 0.238. The minimum atomic E-state index is -0.0952. The number of rotatable bonds is 6. The fourth-order valence-electron chi connectivity index (χ4n) is 2.97. The molecule has 1 aliphatic carbocycles. The predicted octanol–water partition coefficient (Wildman–Crippen LogP) is 4.38. The minimum absolute atomic E-state index is 0.0952. The van der Waals surface area contributed by atoms with Gasteiger partial charge in [-0.05, 0) is 55.2 Å². The SMILES string of the molecule is O=C(NCCc1ccc(Cl)cc1)c1cc(C2CC2)nn1-c1ccccc1. The van der Waals surface area contributed by atoms with Crippen LogP contribution in [-0.4, -0.2) is 22.2 Å². The van der Waals surface area contributed by atoms with E-state index in [1.807, 2.05) is 60.7 Å². The normalized spacial score (nSPS) is 13.6. The van der Waals surface area contributed by atoms with Gasteiger partial charge in [-0.25, -0.2) is 4.68 Å². The van der Waals surface area contributed by atoms with Gasteiger partial charge in [-0.3, -0.25) is 4.79 Å². The van der Waals surface area contributed by atoms with Crippen LogP contribution in [0.25, 0.3) is 5.69 Å². The number of benzene rings is 2. The largest absolute Gasteiger partial charge is 0.350 e. The van der Waals surface area contributed by atoms with Crippen molar-refractivity contribution in [3.8, 4) is 5.69 Å². The predicted molar refractivity (Wildman–Crippen MR) is 103 cm³/mol. The van der Waals surface area contributed by atoms with Gasteiger partial charge in [0, 0.05) is 17.5 Å². The van der Waals surface area contributed by atoms with E-state index in [0.29, 0.717) is 18.2 Å². The molecule has 1 saturated carbocycles. The number of halogens is 1. The van der Waals surface area contributed by atoms with Crippen molar-refractivity contribution in [3.05, 3.63) is 82.6 Å². The first-order valence-corrected chi connectivity index (χ1v) is 9.26. The van der Waals surface area contributed by atoms with Crippen LogP contribution in [0.2, 0.25) is 5.02 Å². The second-order valence-electron chi connectivity index (χ2n) is 6.61. The van der Waals surface area contributed by atoms with Crippen LogP contribution in [0.4, 0.5) is 0 Å². The quantitative estimate of drug-likeness (QED) is 0.704. The lowest BCUT2D eigenvalue weighted by atomic mass is 10.1. The topological polar surface area (TPSA) is 46.9 Å². The molecule has 1 fully saturated rings. The first kappa shape index (κ1) is 16.9. The van der Waals surface area contributed by atoms with Crippen LogP contribution < -0.4 is 5.32 Å². The Labute approximate surface area is 157 Å². The molecule has 0 spiro atoms. The summed E-state index contributed by atoms with van der Waals surface area (Å²) in [6, 6.07) is 19.4. The highest BCUT2D eigenvalue weighted by Crippen LogP contribution is 2.39. The summed E-state index contributed by atoms with van der Waals surface area (Å²) in [5.74, 6) is 0.405. The number of nitrogens with zero attached hydrogens (tertiary/aromatic N) is 2. The first-order chi connectivity index (χ1) is 12.7. The van der Waals surface area contributed by atoms with E-state index in [9.17, 15) is 4.79 Å². The second kappa shape index (κ2) is 7.34. The molecule has 4 rings (SSSR count). The maximum absolute atomic E-state index is 12.7. The summed E-state index contributed by atoms with van der Waals surface area (Å²) in [7, 11) is 0. The number of carbonyl (C=O) groups excluding carboxylic acids is 1. The van der Waals surface area contributed by atoms with E-state index < -0.39 is 0 Å². The highest BCUT2D eigenvalue weighted by molar-refractivity contribution is 6.30. The Balaban J connectivity index is 1.48. The molecule has 0 unspecified atom stereocenters. The summed E-state index contributed by atoms with van der Waals surface area (Å²) in [6.45, 7) is 0.569. The first-order valence-electron chi connectivity index (χ1n) is 8.89. The van der Waals surface area contributed by atoms with Crippen molar-refractivity contribution in [2.24, 2.45) is 0 Å². The zero-order valence-corrected chi connectivity index (χ0v) is 15.1. The van der Waals surface area contributed by atoms with Crippen LogP contribution >= 0.6 is 11.6 Å². The van der Waals surface area contributed by atoms with E-state index >= 15 is 0 Å². The number of amides is 1. The molecular weight excluding hydrogens is 346 g/mol. The standard InChI is InChI=1S/C21H20ClN3O/c22-17-10-6-15(7-11-17)12-13-23-21(26)20-14-19(16-8-9-16)24-25(20)18-4-2-1-3-5-18/h1-7,10-11,14,16H,8-9,12-13H2,(H,23,26). The Bertz CT molecular complexity index is 899. The molecular formula is C21H20ClN3O. The maximum Gasteiger partial charge on any atom is 0.270 e. The number of nitrogens with one attached hydrogen (secondary N) is 1. The molecule has 1 aromatic heterocycles. The smallest absolute Gasteiger partial charge is 0.270 e. The number of para-hydroxylation sites is 1. The summed E-state index contributed by atoms with van der Waals surface area (Å²) in [5, 5.41) is 8.41. The Morgan fingerprint density at radius 3 is 2.54 bits per heavy atom. The molecule has 0 radical (unpaired) electrons. The second-order valence-corrected chi connectivity index (χ2v) is 7.04. The van der Waals surface area contributed by atoms with Gasteiger partial charge in [0.25, 0.3) is 5.91 Å². The zero-order valence-electron chi connectivity index (χ0n) is 14.4. The van der Waals surface area contributed by atoms with Crippen molar-refractivity contribution in [2.75, 3.05) is 6.54 Å². The van der Waals surface area contributed by atoms with Gasteiger partial charge in [0.05, 0.1) is 11.4 Å². The van der Waals surface area contributed by atoms with Crippen molar-refractivity contribution in [1.82, 2.24) is 15.1 Å². The van der Waals surface area contributed by atoms with Gasteiger partial charge in [0.2, 0.25) is 0 Å². The molecule has 1 amide bonds. The molecule has 0 saturated heterocycles. The van der Waals surface area contributed by atoms with Gasteiger partial charge in [0.15, 0.2) is 0 Å². The number of carbonyl (C=O) groups is 1. The van der Waals surface area contributed by atoms with Crippen LogP contribution in [0.3, 0.4) is 0 Å². The number of hydrogen-bond donors (Lipinski definition) is 1. The van der Waals surface area contributed by atoms with Crippen LogP contribution in [0.15, 0.2) is 60.7 Å². The summed E-state index contributed by atoms with van der Waals surface area (Å²) in [6.07, 6.45) is 3.07. The Hall–Kier alpha value is -2.59. The van der Waals surface area contributed by atoms with E-state index in [2.05, 4.69) is 10.4 Å². The van der Waals surface area contributed by atoms with Crippen LogP contribution in [0, 0.1) is 0 Å². The molecule has 3 aromatic rings. The van der Waals surface area contributed by atoms with E-state index in [1.165, 1.54) is 0 Å². The molecule has 132 valence electrons. The van der Waals surface area contributed by atoms with E-state index in [-0.39, 0.29) is 5.91 Å². The molecule has 1 aliphatic rings. The van der Waals surface area contributed by atoms with Crippen LogP contribution in [0.5, 0.6) is 0 Å². The summed E-state index contributed by atoms with van der Waals surface area (Å²) in [4.78, 5) is 12.7. The maximum atomic E-state index is 12.7. The molecule has 2 aromatic carbocycles. The Morgan fingerprint density at radius 1 is 1.12 bits per heavy atom. The highest BCUT2D eigenvalue weighted by Gasteiger charge is 2.28. The Kier molecular flexibility index (Phi) is 4.76.